The number of sulfonamides is 1. The Bertz CT molecular complexity index is 813. The Hall–Kier alpha value is -1.76. The topological polar surface area (TPSA) is 40.6 Å². The van der Waals surface area contributed by atoms with Crippen molar-refractivity contribution in [2.24, 2.45) is 0 Å². The Balaban J connectivity index is 1.68. The van der Waals surface area contributed by atoms with Crippen molar-refractivity contribution in [3.63, 3.8) is 0 Å². The Morgan fingerprint density at radius 2 is 1.50 bits per heavy atom. The van der Waals surface area contributed by atoms with Crippen molar-refractivity contribution in [2.45, 2.75) is 38.2 Å². The molecule has 1 aliphatic rings. The largest absolute Gasteiger partial charge is 0.291 e. The molecule has 2 unspecified atom stereocenters. The molecule has 3 rings (SSSR count). The van der Waals surface area contributed by atoms with Gasteiger partial charge in [0.25, 0.3) is 0 Å². The van der Waals surface area contributed by atoms with Crippen molar-refractivity contribution in [1.82, 2.24) is 9.21 Å². The van der Waals surface area contributed by atoms with Crippen LogP contribution in [0.5, 0.6) is 0 Å². The first-order valence-electron chi connectivity index (χ1n) is 8.87. The zero-order chi connectivity index (χ0) is 18.7. The molecule has 0 saturated carbocycles. The summed E-state index contributed by atoms with van der Waals surface area (Å²) < 4.78 is 40.2. The van der Waals surface area contributed by atoms with E-state index >= 15 is 0 Å². The molecule has 0 aliphatic carbocycles. The lowest BCUT2D eigenvalue weighted by molar-refractivity contribution is 0.0698. The molecule has 2 atom stereocenters. The average molecular weight is 376 g/mol. The van der Waals surface area contributed by atoms with Gasteiger partial charge in [-0.05, 0) is 37.1 Å². The third-order valence-electron chi connectivity index (χ3n) is 4.93. The zero-order valence-corrected chi connectivity index (χ0v) is 16.0. The van der Waals surface area contributed by atoms with Crippen LogP contribution in [0.3, 0.4) is 0 Å². The first-order chi connectivity index (χ1) is 12.3. The third kappa shape index (κ3) is 4.50. The highest BCUT2D eigenvalue weighted by molar-refractivity contribution is 7.88. The van der Waals surface area contributed by atoms with Crippen LogP contribution < -0.4 is 0 Å². The fraction of sp³-hybridized carbons (Fsp3) is 0.400. The van der Waals surface area contributed by atoms with E-state index in [2.05, 4.69) is 30.9 Å². The van der Waals surface area contributed by atoms with Crippen LogP contribution in [0.25, 0.3) is 0 Å². The highest BCUT2D eigenvalue weighted by atomic mass is 32.2. The zero-order valence-electron chi connectivity index (χ0n) is 15.2. The van der Waals surface area contributed by atoms with Gasteiger partial charge >= 0.3 is 0 Å². The van der Waals surface area contributed by atoms with E-state index < -0.39 is 10.0 Å². The van der Waals surface area contributed by atoms with Crippen LogP contribution in [0, 0.1) is 5.82 Å². The van der Waals surface area contributed by atoms with Gasteiger partial charge in [0.05, 0.1) is 5.75 Å². The van der Waals surface area contributed by atoms with Crippen LogP contribution in [0.2, 0.25) is 0 Å². The van der Waals surface area contributed by atoms with E-state index in [1.165, 1.54) is 29.8 Å². The predicted molar refractivity (Wildman–Crippen MR) is 102 cm³/mol. The first-order valence-corrected chi connectivity index (χ1v) is 10.5. The maximum absolute atomic E-state index is 13.0. The second-order valence-corrected chi connectivity index (χ2v) is 9.02. The summed E-state index contributed by atoms with van der Waals surface area (Å²) in [7, 11) is -3.43. The standard InChI is InChI=1S/C20H25FN2O2S/c1-16-12-22(26(24,25)15-19-8-10-20(21)11-9-19)13-17(2)23(16)14-18-6-4-3-5-7-18/h3-11,16-17H,12-15H2,1-2H3. The maximum Gasteiger partial charge on any atom is 0.218 e. The average Bonchev–Trinajstić information content (AvgIpc) is 2.60. The number of halogens is 1. The molecular weight excluding hydrogens is 351 g/mol. The van der Waals surface area contributed by atoms with Crippen LogP contribution in [0.15, 0.2) is 54.6 Å². The van der Waals surface area contributed by atoms with Crippen molar-refractivity contribution in [3.8, 4) is 0 Å². The van der Waals surface area contributed by atoms with Crippen LogP contribution in [-0.4, -0.2) is 42.8 Å². The first kappa shape index (κ1) is 19.0. The van der Waals surface area contributed by atoms with Crippen molar-refractivity contribution < 1.29 is 12.8 Å². The number of benzene rings is 2. The van der Waals surface area contributed by atoms with Crippen LogP contribution >= 0.6 is 0 Å². The van der Waals surface area contributed by atoms with Gasteiger partial charge in [0, 0.05) is 31.7 Å². The number of rotatable bonds is 5. The van der Waals surface area contributed by atoms with Crippen molar-refractivity contribution >= 4 is 10.0 Å². The van der Waals surface area contributed by atoms with Gasteiger partial charge in [-0.2, -0.15) is 4.31 Å². The molecule has 0 aromatic heterocycles. The fourth-order valence-electron chi connectivity index (χ4n) is 3.52. The van der Waals surface area contributed by atoms with E-state index in [0.29, 0.717) is 18.7 Å². The highest BCUT2D eigenvalue weighted by Crippen LogP contribution is 2.23. The van der Waals surface area contributed by atoms with E-state index in [1.54, 1.807) is 4.31 Å². The summed E-state index contributed by atoms with van der Waals surface area (Å²) in [4.78, 5) is 2.35. The molecule has 0 N–H and O–H groups in total. The summed E-state index contributed by atoms with van der Waals surface area (Å²) in [6.07, 6.45) is 0. The molecule has 1 saturated heterocycles. The molecule has 2 aromatic rings. The minimum atomic E-state index is -3.43. The molecule has 0 radical (unpaired) electrons. The minimum Gasteiger partial charge on any atom is -0.291 e. The van der Waals surface area contributed by atoms with Gasteiger partial charge in [0.15, 0.2) is 0 Å². The van der Waals surface area contributed by atoms with Gasteiger partial charge < -0.3 is 0 Å². The SMILES string of the molecule is CC1CN(S(=O)(=O)Cc2ccc(F)cc2)CC(C)N1Cc1ccccc1. The molecule has 1 fully saturated rings. The van der Waals surface area contributed by atoms with Crippen LogP contribution in [0.4, 0.5) is 4.39 Å². The monoisotopic (exact) mass is 376 g/mol. The smallest absolute Gasteiger partial charge is 0.218 e. The Morgan fingerprint density at radius 1 is 0.923 bits per heavy atom. The fourth-order valence-corrected chi connectivity index (χ4v) is 5.21. The van der Waals surface area contributed by atoms with Gasteiger partial charge in [-0.15, -0.1) is 0 Å². The second-order valence-electron chi connectivity index (χ2n) is 7.06. The van der Waals surface area contributed by atoms with Gasteiger partial charge in [0.2, 0.25) is 10.0 Å². The number of hydrogen-bond donors (Lipinski definition) is 0. The molecule has 2 aromatic carbocycles. The Kier molecular flexibility index (Phi) is 5.75. The highest BCUT2D eigenvalue weighted by Gasteiger charge is 2.35. The molecule has 6 heteroatoms. The number of nitrogens with zero attached hydrogens (tertiary/aromatic N) is 2. The second kappa shape index (κ2) is 7.86. The van der Waals surface area contributed by atoms with Crippen LogP contribution in [0.1, 0.15) is 25.0 Å². The molecule has 4 nitrogen and oxygen atoms in total. The Labute approximate surface area is 155 Å². The molecule has 0 bridgehead atoms. The van der Waals surface area contributed by atoms with E-state index in [1.807, 2.05) is 18.2 Å². The minimum absolute atomic E-state index is 0.0919. The molecule has 1 heterocycles. The quantitative estimate of drug-likeness (QED) is 0.804. The lowest BCUT2D eigenvalue weighted by atomic mass is 10.1. The summed E-state index contributed by atoms with van der Waals surface area (Å²) in [5, 5.41) is 0. The van der Waals surface area contributed by atoms with Gasteiger partial charge in [0.1, 0.15) is 5.82 Å². The van der Waals surface area contributed by atoms with E-state index in [0.717, 1.165) is 6.54 Å². The lowest BCUT2D eigenvalue weighted by Crippen LogP contribution is -2.57. The van der Waals surface area contributed by atoms with Crippen LogP contribution in [-0.2, 0) is 22.3 Å². The number of hydrogen-bond acceptors (Lipinski definition) is 3. The molecule has 26 heavy (non-hydrogen) atoms. The molecule has 1 aliphatic heterocycles. The lowest BCUT2D eigenvalue weighted by Gasteiger charge is -2.43. The third-order valence-corrected chi connectivity index (χ3v) is 6.71. The van der Waals surface area contributed by atoms with Crippen molar-refractivity contribution in [2.75, 3.05) is 13.1 Å². The normalized spacial score (nSPS) is 22.4. The van der Waals surface area contributed by atoms with E-state index in [-0.39, 0.29) is 23.7 Å². The van der Waals surface area contributed by atoms with Gasteiger partial charge in [-0.3, -0.25) is 4.90 Å². The summed E-state index contributed by atoms with van der Waals surface area (Å²) in [6, 6.07) is 16.1. The number of piperazine rings is 1. The molecule has 140 valence electrons. The summed E-state index contributed by atoms with van der Waals surface area (Å²) >= 11 is 0. The van der Waals surface area contributed by atoms with Gasteiger partial charge in [-0.25, -0.2) is 12.8 Å². The predicted octanol–water partition coefficient (Wildman–Crippen LogP) is 3.25. The van der Waals surface area contributed by atoms with Crippen molar-refractivity contribution in [3.05, 3.63) is 71.5 Å². The summed E-state index contributed by atoms with van der Waals surface area (Å²) in [6.45, 7) is 5.90. The molecule has 0 spiro atoms. The summed E-state index contributed by atoms with van der Waals surface area (Å²) in [5.74, 6) is -0.450. The van der Waals surface area contributed by atoms with E-state index in [4.69, 9.17) is 0 Å². The van der Waals surface area contributed by atoms with E-state index in [9.17, 15) is 12.8 Å². The maximum atomic E-state index is 13.0. The summed E-state index contributed by atoms with van der Waals surface area (Å²) in [5.41, 5.74) is 1.84. The molecular formula is C20H25FN2O2S. The van der Waals surface area contributed by atoms with Crippen molar-refractivity contribution in [1.29, 1.82) is 0 Å². The van der Waals surface area contributed by atoms with Gasteiger partial charge in [-0.1, -0.05) is 42.5 Å². The molecule has 0 amide bonds. The Morgan fingerprint density at radius 3 is 2.08 bits per heavy atom.